The molecule has 2 aliphatic heterocycles. The van der Waals surface area contributed by atoms with Crippen molar-refractivity contribution in [2.75, 3.05) is 30.4 Å². The van der Waals surface area contributed by atoms with Crippen molar-refractivity contribution in [3.05, 3.63) is 54.1 Å². The minimum atomic E-state index is -0.180. The highest BCUT2D eigenvalue weighted by Gasteiger charge is 2.32. The minimum Gasteiger partial charge on any atom is -0.320 e. The quantitative estimate of drug-likeness (QED) is 0.881. The van der Waals surface area contributed by atoms with E-state index >= 15 is 0 Å². The van der Waals surface area contributed by atoms with Crippen molar-refractivity contribution in [3.8, 4) is 0 Å². The predicted octanol–water partition coefficient (Wildman–Crippen LogP) is 3.89. The molecule has 2 atom stereocenters. The third-order valence-electron chi connectivity index (χ3n) is 5.75. The molecule has 140 valence electrons. The van der Waals surface area contributed by atoms with Gasteiger partial charge in [0, 0.05) is 13.0 Å². The molecule has 0 aromatic heterocycles. The average molecular weight is 363 g/mol. The van der Waals surface area contributed by atoms with Crippen molar-refractivity contribution < 1.29 is 9.59 Å². The second-order valence-corrected chi connectivity index (χ2v) is 7.71. The van der Waals surface area contributed by atoms with Gasteiger partial charge in [0.1, 0.15) is 0 Å². The van der Waals surface area contributed by atoms with Crippen LogP contribution < -0.4 is 10.2 Å². The number of piperidine rings is 1. The zero-order valence-corrected chi connectivity index (χ0v) is 15.8. The van der Waals surface area contributed by atoms with E-state index in [0.29, 0.717) is 35.2 Å². The fourth-order valence-electron chi connectivity index (χ4n) is 4.24. The molecule has 0 unspecified atom stereocenters. The molecular formula is C22H25N3O2. The van der Waals surface area contributed by atoms with Crippen LogP contribution in [0.4, 0.5) is 17.1 Å². The summed E-state index contributed by atoms with van der Waals surface area (Å²) in [6, 6.07) is 14.8. The molecule has 2 aromatic carbocycles. The lowest BCUT2D eigenvalue weighted by atomic mass is 9.84. The van der Waals surface area contributed by atoms with Gasteiger partial charge >= 0.3 is 0 Å². The molecule has 2 heterocycles. The van der Waals surface area contributed by atoms with Gasteiger partial charge in [0.2, 0.25) is 5.91 Å². The molecule has 0 spiro atoms. The highest BCUT2D eigenvalue weighted by Crippen LogP contribution is 2.39. The number of benzene rings is 2. The second kappa shape index (κ2) is 7.16. The van der Waals surface area contributed by atoms with Crippen molar-refractivity contribution in [2.24, 2.45) is 11.8 Å². The van der Waals surface area contributed by atoms with Crippen LogP contribution >= 0.6 is 0 Å². The molecule has 0 bridgehead atoms. The number of nitrogens with zero attached hydrogens (tertiary/aromatic N) is 2. The molecule has 0 saturated carbocycles. The summed E-state index contributed by atoms with van der Waals surface area (Å²) in [4.78, 5) is 30.2. The van der Waals surface area contributed by atoms with Gasteiger partial charge in [-0.2, -0.15) is 0 Å². The summed E-state index contributed by atoms with van der Waals surface area (Å²) < 4.78 is 0. The first-order valence-electron chi connectivity index (χ1n) is 9.55. The molecule has 0 aliphatic carbocycles. The molecule has 5 nitrogen and oxygen atoms in total. The maximum absolute atomic E-state index is 13.5. The van der Waals surface area contributed by atoms with Gasteiger partial charge in [-0.3, -0.25) is 14.5 Å². The van der Waals surface area contributed by atoms with Crippen LogP contribution in [-0.2, 0) is 4.79 Å². The molecule has 2 aliphatic rings. The van der Waals surface area contributed by atoms with Crippen molar-refractivity contribution in [2.45, 2.75) is 19.8 Å². The number of amides is 2. The average Bonchev–Trinajstić information content (AvgIpc) is 2.78. The number of hydrogen-bond acceptors (Lipinski definition) is 3. The number of carbonyl (C=O) groups is 2. The van der Waals surface area contributed by atoms with Crippen molar-refractivity contribution in [1.29, 1.82) is 0 Å². The van der Waals surface area contributed by atoms with E-state index in [1.165, 1.54) is 0 Å². The highest BCUT2D eigenvalue weighted by atomic mass is 16.2. The van der Waals surface area contributed by atoms with E-state index in [1.807, 2.05) is 42.5 Å². The van der Waals surface area contributed by atoms with Gasteiger partial charge in [0.05, 0.1) is 22.6 Å². The van der Waals surface area contributed by atoms with Crippen LogP contribution in [0.3, 0.4) is 0 Å². The number of nitrogens with one attached hydrogen (secondary N) is 1. The Bertz CT molecular complexity index is 879. The number of likely N-dealkylation sites (tertiary alicyclic amines) is 1. The summed E-state index contributed by atoms with van der Waals surface area (Å²) >= 11 is 0. The largest absolute Gasteiger partial charge is 0.320 e. The van der Waals surface area contributed by atoms with E-state index in [2.05, 4.69) is 24.2 Å². The summed E-state index contributed by atoms with van der Waals surface area (Å²) in [6.07, 6.45) is 1.52. The predicted molar refractivity (Wildman–Crippen MR) is 107 cm³/mol. The van der Waals surface area contributed by atoms with E-state index in [1.54, 1.807) is 11.0 Å². The van der Waals surface area contributed by atoms with Crippen LogP contribution in [0.5, 0.6) is 0 Å². The lowest BCUT2D eigenvalue weighted by Gasteiger charge is -2.35. The van der Waals surface area contributed by atoms with E-state index in [0.717, 1.165) is 25.2 Å². The number of anilines is 3. The zero-order valence-electron chi connectivity index (χ0n) is 15.8. The van der Waals surface area contributed by atoms with Gasteiger partial charge in [-0.1, -0.05) is 31.2 Å². The minimum absolute atomic E-state index is 0.0489. The van der Waals surface area contributed by atoms with Crippen LogP contribution in [0.1, 0.15) is 30.1 Å². The summed E-state index contributed by atoms with van der Waals surface area (Å²) in [6.45, 7) is 4.27. The Balaban J connectivity index is 1.71. The molecule has 0 radical (unpaired) electrons. The van der Waals surface area contributed by atoms with Crippen LogP contribution in [-0.4, -0.2) is 36.9 Å². The van der Waals surface area contributed by atoms with Gasteiger partial charge < -0.3 is 10.2 Å². The molecule has 4 rings (SSSR count). The van der Waals surface area contributed by atoms with Crippen LogP contribution in [0.25, 0.3) is 0 Å². The maximum Gasteiger partial charge on any atom is 0.257 e. The van der Waals surface area contributed by atoms with Gasteiger partial charge in [0.25, 0.3) is 5.91 Å². The number of fused-ring (bicyclic) bond motifs is 2. The Kier molecular flexibility index (Phi) is 4.70. The first-order valence-corrected chi connectivity index (χ1v) is 9.55. The molecule has 1 N–H and O–H groups in total. The third kappa shape index (κ3) is 3.35. The molecule has 2 amide bonds. The monoisotopic (exact) mass is 363 g/mol. The first kappa shape index (κ1) is 17.7. The zero-order chi connectivity index (χ0) is 19.0. The lowest BCUT2D eigenvalue weighted by Crippen LogP contribution is -2.39. The standard InChI is InChI=1S/C22H25N3O2/c1-15-14-24(2)12-11-16(15)13-21(26)25-19-9-5-3-7-17(19)22(27)23-18-8-4-6-10-20(18)25/h3-10,15-16H,11-14H2,1-2H3,(H,23,27)/t15-,16+/m1/s1. The van der Waals surface area contributed by atoms with Gasteiger partial charge in [0.15, 0.2) is 0 Å². The molecular weight excluding hydrogens is 338 g/mol. The third-order valence-corrected chi connectivity index (χ3v) is 5.75. The number of hydrogen-bond donors (Lipinski definition) is 1. The summed E-state index contributed by atoms with van der Waals surface area (Å²) in [7, 11) is 2.13. The Labute approximate surface area is 160 Å². The fourth-order valence-corrected chi connectivity index (χ4v) is 4.24. The summed E-state index contributed by atoms with van der Waals surface area (Å²) in [5, 5.41) is 2.94. The van der Waals surface area contributed by atoms with Crippen molar-refractivity contribution in [1.82, 2.24) is 4.90 Å². The highest BCUT2D eigenvalue weighted by molar-refractivity contribution is 6.17. The van der Waals surface area contributed by atoms with Gasteiger partial charge in [-0.15, -0.1) is 0 Å². The fraction of sp³-hybridized carbons (Fsp3) is 0.364. The van der Waals surface area contributed by atoms with Gasteiger partial charge in [-0.25, -0.2) is 0 Å². The SMILES string of the molecule is C[C@@H]1CN(C)CC[C@H]1CC(=O)N1c2ccccc2NC(=O)c2ccccc21. The van der Waals surface area contributed by atoms with Crippen molar-refractivity contribution >= 4 is 28.9 Å². The summed E-state index contributed by atoms with van der Waals surface area (Å²) in [5.41, 5.74) is 2.59. The van der Waals surface area contributed by atoms with E-state index in [9.17, 15) is 9.59 Å². The van der Waals surface area contributed by atoms with Crippen LogP contribution in [0.15, 0.2) is 48.5 Å². The molecule has 1 saturated heterocycles. The first-order chi connectivity index (χ1) is 13.0. The van der Waals surface area contributed by atoms with E-state index in [-0.39, 0.29) is 11.8 Å². The normalized spacial score (nSPS) is 22.4. The smallest absolute Gasteiger partial charge is 0.257 e. The molecule has 1 fully saturated rings. The number of para-hydroxylation sites is 3. The van der Waals surface area contributed by atoms with Gasteiger partial charge in [-0.05, 0) is 56.1 Å². The molecule has 27 heavy (non-hydrogen) atoms. The Morgan fingerprint density at radius 1 is 1.11 bits per heavy atom. The van der Waals surface area contributed by atoms with E-state index < -0.39 is 0 Å². The lowest BCUT2D eigenvalue weighted by molar-refractivity contribution is -0.119. The Morgan fingerprint density at radius 2 is 1.81 bits per heavy atom. The van der Waals surface area contributed by atoms with E-state index in [4.69, 9.17) is 0 Å². The Hall–Kier alpha value is -2.66. The topological polar surface area (TPSA) is 52.7 Å². The second-order valence-electron chi connectivity index (χ2n) is 7.71. The maximum atomic E-state index is 13.5. The number of carbonyl (C=O) groups excluding carboxylic acids is 2. The Morgan fingerprint density at radius 3 is 2.59 bits per heavy atom. The number of rotatable bonds is 2. The molecule has 2 aromatic rings. The van der Waals surface area contributed by atoms with Crippen molar-refractivity contribution in [3.63, 3.8) is 0 Å². The van der Waals surface area contributed by atoms with Crippen LogP contribution in [0, 0.1) is 11.8 Å². The van der Waals surface area contributed by atoms with Crippen LogP contribution in [0.2, 0.25) is 0 Å². The summed E-state index contributed by atoms with van der Waals surface area (Å²) in [5.74, 6) is 0.707. The molecule has 5 heteroatoms.